The largest absolute Gasteiger partial charge is 0.389 e. The van der Waals surface area contributed by atoms with Gasteiger partial charge >= 0.3 is 0 Å². The fourth-order valence-electron chi connectivity index (χ4n) is 1.28. The number of hydrogen-bond donors (Lipinski definition) is 2. The molecule has 0 aromatic heterocycles. The zero-order chi connectivity index (χ0) is 11.5. The zero-order valence-electron chi connectivity index (χ0n) is 10.5. The van der Waals surface area contributed by atoms with Crippen LogP contribution in [0.15, 0.2) is 0 Å². The lowest BCUT2D eigenvalue weighted by Gasteiger charge is -2.14. The first-order valence-corrected chi connectivity index (χ1v) is 6.16. The molecule has 0 spiro atoms. The van der Waals surface area contributed by atoms with Gasteiger partial charge in [-0.05, 0) is 6.42 Å². The molecule has 0 aliphatic carbocycles. The Balaban J connectivity index is 3.13. The van der Waals surface area contributed by atoms with E-state index in [4.69, 9.17) is 4.74 Å². The monoisotopic (exact) mass is 217 g/mol. The van der Waals surface area contributed by atoms with Gasteiger partial charge in [-0.2, -0.15) is 0 Å². The summed E-state index contributed by atoms with van der Waals surface area (Å²) >= 11 is 0. The molecule has 3 nitrogen and oxygen atoms in total. The van der Waals surface area contributed by atoms with Crippen molar-refractivity contribution in [3.8, 4) is 0 Å². The summed E-state index contributed by atoms with van der Waals surface area (Å²) < 4.78 is 5.38. The molecule has 0 saturated heterocycles. The van der Waals surface area contributed by atoms with Gasteiger partial charge in [0.05, 0.1) is 12.7 Å². The molecule has 0 radical (unpaired) electrons. The molecular formula is C12H27NO2. The van der Waals surface area contributed by atoms with Crippen LogP contribution in [0, 0.1) is 0 Å². The van der Waals surface area contributed by atoms with E-state index in [1.807, 2.05) is 0 Å². The minimum atomic E-state index is -0.376. The fourth-order valence-corrected chi connectivity index (χ4v) is 1.28. The zero-order valence-corrected chi connectivity index (χ0v) is 10.5. The molecule has 1 unspecified atom stereocenters. The second-order valence-corrected chi connectivity index (χ2v) is 4.35. The summed E-state index contributed by atoms with van der Waals surface area (Å²) in [7, 11) is 0. The molecule has 92 valence electrons. The van der Waals surface area contributed by atoms with E-state index in [9.17, 15) is 5.11 Å². The first-order chi connectivity index (χ1) is 7.16. The van der Waals surface area contributed by atoms with Gasteiger partial charge in [0.15, 0.2) is 0 Å². The van der Waals surface area contributed by atoms with Gasteiger partial charge in [0.2, 0.25) is 0 Å². The van der Waals surface area contributed by atoms with Crippen molar-refractivity contribution in [2.75, 3.05) is 19.8 Å². The van der Waals surface area contributed by atoms with Crippen LogP contribution in [0.5, 0.6) is 0 Å². The smallest absolute Gasteiger partial charge is 0.0897 e. The van der Waals surface area contributed by atoms with Crippen molar-refractivity contribution < 1.29 is 9.84 Å². The summed E-state index contributed by atoms with van der Waals surface area (Å²) in [5.41, 5.74) is 0. The van der Waals surface area contributed by atoms with Crippen LogP contribution in [0.2, 0.25) is 0 Å². The normalized spacial score (nSPS) is 13.4. The highest BCUT2D eigenvalue weighted by Crippen LogP contribution is 1.99. The second-order valence-electron chi connectivity index (χ2n) is 4.35. The van der Waals surface area contributed by atoms with E-state index in [0.29, 0.717) is 19.2 Å². The predicted molar refractivity (Wildman–Crippen MR) is 64.1 cm³/mol. The van der Waals surface area contributed by atoms with Crippen LogP contribution >= 0.6 is 0 Å². The Labute approximate surface area is 94.2 Å². The molecule has 0 aromatic carbocycles. The second kappa shape index (κ2) is 10.4. The summed E-state index contributed by atoms with van der Waals surface area (Å²) in [6, 6.07) is 0.421. The van der Waals surface area contributed by atoms with Crippen LogP contribution in [0.4, 0.5) is 0 Å². The van der Waals surface area contributed by atoms with E-state index >= 15 is 0 Å². The van der Waals surface area contributed by atoms with Gasteiger partial charge in [-0.3, -0.25) is 0 Å². The van der Waals surface area contributed by atoms with Crippen LogP contribution in [0.25, 0.3) is 0 Å². The van der Waals surface area contributed by atoms with Crippen molar-refractivity contribution in [2.24, 2.45) is 0 Å². The number of ether oxygens (including phenoxy) is 1. The average molecular weight is 217 g/mol. The lowest BCUT2D eigenvalue weighted by molar-refractivity contribution is 0.0346. The molecule has 2 N–H and O–H groups in total. The van der Waals surface area contributed by atoms with E-state index in [-0.39, 0.29) is 6.10 Å². The maximum atomic E-state index is 9.51. The summed E-state index contributed by atoms with van der Waals surface area (Å²) in [6.45, 7) is 8.18. The van der Waals surface area contributed by atoms with E-state index in [1.54, 1.807) is 0 Å². The van der Waals surface area contributed by atoms with Gasteiger partial charge in [-0.15, -0.1) is 0 Å². The molecular weight excluding hydrogens is 190 g/mol. The Morgan fingerprint density at radius 3 is 2.53 bits per heavy atom. The number of aliphatic hydroxyl groups is 1. The van der Waals surface area contributed by atoms with Crippen molar-refractivity contribution in [3.63, 3.8) is 0 Å². The minimum absolute atomic E-state index is 0.376. The van der Waals surface area contributed by atoms with Crippen molar-refractivity contribution in [3.05, 3.63) is 0 Å². The topological polar surface area (TPSA) is 41.5 Å². The number of rotatable bonds is 10. The minimum Gasteiger partial charge on any atom is -0.389 e. The summed E-state index contributed by atoms with van der Waals surface area (Å²) in [5.74, 6) is 0. The molecule has 0 heterocycles. The fraction of sp³-hybridized carbons (Fsp3) is 1.00. The van der Waals surface area contributed by atoms with Gasteiger partial charge in [0, 0.05) is 19.2 Å². The lowest BCUT2D eigenvalue weighted by atomic mass is 10.2. The summed E-state index contributed by atoms with van der Waals surface area (Å²) in [4.78, 5) is 0. The van der Waals surface area contributed by atoms with Crippen LogP contribution in [-0.2, 0) is 4.74 Å². The van der Waals surface area contributed by atoms with Crippen molar-refractivity contribution in [2.45, 2.75) is 58.6 Å². The molecule has 0 aliphatic heterocycles. The molecule has 0 bridgehead atoms. The van der Waals surface area contributed by atoms with Gasteiger partial charge in [-0.1, -0.05) is 40.0 Å². The Morgan fingerprint density at radius 1 is 1.20 bits per heavy atom. The molecule has 3 heteroatoms. The number of nitrogens with one attached hydrogen (secondary N) is 1. The quantitative estimate of drug-likeness (QED) is 0.550. The van der Waals surface area contributed by atoms with E-state index in [1.165, 1.54) is 19.3 Å². The molecule has 0 amide bonds. The van der Waals surface area contributed by atoms with E-state index in [2.05, 4.69) is 26.1 Å². The first kappa shape index (κ1) is 14.9. The summed E-state index contributed by atoms with van der Waals surface area (Å²) in [5, 5.41) is 12.7. The third-order valence-electron chi connectivity index (χ3n) is 2.21. The highest BCUT2D eigenvalue weighted by Gasteiger charge is 2.04. The first-order valence-electron chi connectivity index (χ1n) is 6.16. The Morgan fingerprint density at radius 2 is 1.93 bits per heavy atom. The third kappa shape index (κ3) is 11.8. The SMILES string of the molecule is CCCCCCOCC(O)CNC(C)C. The number of hydrogen-bond acceptors (Lipinski definition) is 3. The lowest BCUT2D eigenvalue weighted by Crippen LogP contribution is -2.34. The van der Waals surface area contributed by atoms with Crippen LogP contribution in [-0.4, -0.2) is 37.0 Å². The number of unbranched alkanes of at least 4 members (excludes halogenated alkanes) is 3. The highest BCUT2D eigenvalue weighted by molar-refractivity contribution is 4.60. The van der Waals surface area contributed by atoms with Crippen molar-refractivity contribution in [1.82, 2.24) is 5.32 Å². The van der Waals surface area contributed by atoms with Gasteiger partial charge < -0.3 is 15.2 Å². The van der Waals surface area contributed by atoms with Gasteiger partial charge in [-0.25, -0.2) is 0 Å². The molecule has 0 aliphatic rings. The third-order valence-corrected chi connectivity index (χ3v) is 2.21. The summed E-state index contributed by atoms with van der Waals surface area (Å²) in [6.07, 6.45) is 4.50. The Kier molecular flexibility index (Phi) is 10.3. The molecule has 0 aromatic rings. The van der Waals surface area contributed by atoms with Crippen LogP contribution in [0.3, 0.4) is 0 Å². The molecule has 0 rings (SSSR count). The van der Waals surface area contributed by atoms with Crippen molar-refractivity contribution >= 4 is 0 Å². The molecule has 0 saturated carbocycles. The van der Waals surface area contributed by atoms with Gasteiger partial charge in [0.1, 0.15) is 0 Å². The van der Waals surface area contributed by atoms with Gasteiger partial charge in [0.25, 0.3) is 0 Å². The van der Waals surface area contributed by atoms with E-state index in [0.717, 1.165) is 13.0 Å². The van der Waals surface area contributed by atoms with Crippen LogP contribution < -0.4 is 5.32 Å². The van der Waals surface area contributed by atoms with Crippen LogP contribution in [0.1, 0.15) is 46.5 Å². The standard InChI is InChI=1S/C12H27NO2/c1-4-5-6-7-8-15-10-12(14)9-13-11(2)3/h11-14H,4-10H2,1-3H3. The maximum Gasteiger partial charge on any atom is 0.0897 e. The molecule has 15 heavy (non-hydrogen) atoms. The highest BCUT2D eigenvalue weighted by atomic mass is 16.5. The average Bonchev–Trinajstić information content (AvgIpc) is 2.20. The van der Waals surface area contributed by atoms with E-state index < -0.39 is 0 Å². The predicted octanol–water partition coefficient (Wildman–Crippen LogP) is 1.94. The molecule has 1 atom stereocenters. The molecule has 0 fully saturated rings. The number of aliphatic hydroxyl groups excluding tert-OH is 1. The maximum absolute atomic E-state index is 9.51. The Bertz CT molecular complexity index is 129. The van der Waals surface area contributed by atoms with Crippen molar-refractivity contribution in [1.29, 1.82) is 0 Å². The Hall–Kier alpha value is -0.120.